The zero-order valence-electron chi connectivity index (χ0n) is 10.7. The van der Waals surface area contributed by atoms with Crippen molar-refractivity contribution in [2.45, 2.75) is 25.8 Å². The Morgan fingerprint density at radius 2 is 2.28 bits per heavy atom. The first-order valence-electron chi connectivity index (χ1n) is 5.94. The monoisotopic (exact) mass is 246 g/mol. The second-order valence-electron chi connectivity index (χ2n) is 5.01. The van der Waals surface area contributed by atoms with Crippen LogP contribution in [-0.2, 0) is 11.2 Å². The highest BCUT2D eigenvalue weighted by molar-refractivity contribution is 5.79. The summed E-state index contributed by atoms with van der Waals surface area (Å²) in [5, 5.41) is 2.89. The summed E-state index contributed by atoms with van der Waals surface area (Å²) >= 11 is 0. The van der Waals surface area contributed by atoms with E-state index in [4.69, 9.17) is 5.73 Å². The van der Waals surface area contributed by atoms with Gasteiger partial charge in [0.25, 0.3) is 0 Å². The number of hydrogen-bond acceptors (Lipinski definition) is 3. The summed E-state index contributed by atoms with van der Waals surface area (Å²) in [4.78, 5) is 16.2. The third-order valence-corrected chi connectivity index (χ3v) is 2.74. The van der Waals surface area contributed by atoms with Gasteiger partial charge in [-0.3, -0.25) is 4.79 Å². The molecule has 0 unspecified atom stereocenters. The Morgan fingerprint density at radius 1 is 1.50 bits per heavy atom. The van der Waals surface area contributed by atoms with E-state index in [1.165, 1.54) is 0 Å². The molecule has 3 N–H and O–H groups in total. The molecule has 0 aromatic carbocycles. The number of fused-ring (bicyclic) bond motifs is 1. The molecule has 5 nitrogen and oxygen atoms in total. The van der Waals surface area contributed by atoms with Crippen molar-refractivity contribution < 1.29 is 4.79 Å². The molecular weight excluding hydrogens is 228 g/mol. The summed E-state index contributed by atoms with van der Waals surface area (Å²) in [6.07, 6.45) is 4.04. The summed E-state index contributed by atoms with van der Waals surface area (Å²) in [5.41, 5.74) is 6.80. The Hall–Kier alpha value is -1.88. The normalized spacial score (nSPS) is 11.7. The smallest absolute Gasteiger partial charge is 0.226 e. The average molecular weight is 246 g/mol. The van der Waals surface area contributed by atoms with E-state index >= 15 is 0 Å². The average Bonchev–Trinajstić information content (AvgIpc) is 2.70. The molecular formula is C13H18N4O. The Kier molecular flexibility index (Phi) is 3.34. The minimum Gasteiger partial charge on any atom is -0.350 e. The van der Waals surface area contributed by atoms with Crippen molar-refractivity contribution in [1.82, 2.24) is 14.7 Å². The fourth-order valence-electron chi connectivity index (χ4n) is 1.71. The number of carbonyl (C=O) groups is 1. The topological polar surface area (TPSA) is 72.4 Å². The van der Waals surface area contributed by atoms with Crippen molar-refractivity contribution in [1.29, 1.82) is 0 Å². The van der Waals surface area contributed by atoms with Crippen LogP contribution < -0.4 is 11.1 Å². The lowest BCUT2D eigenvalue weighted by molar-refractivity contribution is -0.121. The van der Waals surface area contributed by atoms with Gasteiger partial charge in [0.15, 0.2) is 0 Å². The number of imidazole rings is 1. The van der Waals surface area contributed by atoms with Crippen LogP contribution in [0.5, 0.6) is 0 Å². The largest absolute Gasteiger partial charge is 0.350 e. The van der Waals surface area contributed by atoms with Gasteiger partial charge in [0.1, 0.15) is 5.65 Å². The molecule has 1 amide bonds. The standard InChI is InChI=1S/C13H18N4O/c1-13(2,9-14)16-12(18)7-10-8-17-6-4-3-5-11(17)15-10/h3-6,8H,7,9,14H2,1-2H3,(H,16,18). The van der Waals surface area contributed by atoms with Crippen molar-refractivity contribution in [2.24, 2.45) is 5.73 Å². The van der Waals surface area contributed by atoms with Gasteiger partial charge in [-0.05, 0) is 26.0 Å². The van der Waals surface area contributed by atoms with Gasteiger partial charge in [-0.1, -0.05) is 6.07 Å². The van der Waals surface area contributed by atoms with E-state index in [1.807, 2.05) is 48.8 Å². The molecule has 0 radical (unpaired) electrons. The van der Waals surface area contributed by atoms with E-state index in [0.29, 0.717) is 6.54 Å². The summed E-state index contributed by atoms with van der Waals surface area (Å²) in [6.45, 7) is 4.20. The first-order valence-corrected chi connectivity index (χ1v) is 5.94. The summed E-state index contributed by atoms with van der Waals surface area (Å²) in [6, 6.07) is 5.75. The van der Waals surface area contributed by atoms with Crippen LogP contribution in [0.25, 0.3) is 5.65 Å². The molecule has 5 heteroatoms. The highest BCUT2D eigenvalue weighted by Gasteiger charge is 2.18. The highest BCUT2D eigenvalue weighted by Crippen LogP contribution is 2.06. The van der Waals surface area contributed by atoms with E-state index in [1.54, 1.807) is 0 Å². The third kappa shape index (κ3) is 2.87. The second kappa shape index (κ2) is 4.78. The lowest BCUT2D eigenvalue weighted by atomic mass is 10.1. The lowest BCUT2D eigenvalue weighted by Gasteiger charge is -2.23. The number of carbonyl (C=O) groups excluding carboxylic acids is 1. The van der Waals surface area contributed by atoms with Crippen molar-refractivity contribution in [2.75, 3.05) is 6.54 Å². The van der Waals surface area contributed by atoms with Crippen LogP contribution in [-0.4, -0.2) is 27.4 Å². The summed E-state index contributed by atoms with van der Waals surface area (Å²) in [7, 11) is 0. The first kappa shape index (κ1) is 12.6. The number of nitrogens with two attached hydrogens (primary N) is 1. The maximum atomic E-state index is 11.8. The van der Waals surface area contributed by atoms with Crippen LogP contribution in [0.3, 0.4) is 0 Å². The zero-order valence-corrected chi connectivity index (χ0v) is 10.7. The molecule has 96 valence electrons. The summed E-state index contributed by atoms with van der Waals surface area (Å²) in [5.74, 6) is -0.0612. The molecule has 0 fully saturated rings. The third-order valence-electron chi connectivity index (χ3n) is 2.74. The van der Waals surface area contributed by atoms with E-state index in [0.717, 1.165) is 11.3 Å². The number of nitrogens with zero attached hydrogens (tertiary/aromatic N) is 2. The zero-order chi connectivity index (χ0) is 13.2. The van der Waals surface area contributed by atoms with Crippen molar-refractivity contribution in [3.05, 3.63) is 36.3 Å². The molecule has 0 aliphatic carbocycles. The van der Waals surface area contributed by atoms with E-state index in [2.05, 4.69) is 10.3 Å². The maximum Gasteiger partial charge on any atom is 0.226 e. The van der Waals surface area contributed by atoms with Gasteiger partial charge in [-0.2, -0.15) is 0 Å². The van der Waals surface area contributed by atoms with Crippen LogP contribution in [0.15, 0.2) is 30.6 Å². The number of hydrogen-bond donors (Lipinski definition) is 2. The molecule has 0 saturated carbocycles. The molecule has 2 aromatic heterocycles. The molecule has 0 aliphatic heterocycles. The van der Waals surface area contributed by atoms with Crippen LogP contribution >= 0.6 is 0 Å². The fraction of sp³-hybridized carbons (Fsp3) is 0.385. The predicted octanol–water partition coefficient (Wildman–Crippen LogP) is 0.730. The number of nitrogens with one attached hydrogen (secondary N) is 1. The number of rotatable bonds is 4. The van der Waals surface area contributed by atoms with Gasteiger partial charge in [0.05, 0.1) is 12.1 Å². The predicted molar refractivity (Wildman–Crippen MR) is 70.2 cm³/mol. The van der Waals surface area contributed by atoms with Gasteiger partial charge >= 0.3 is 0 Å². The second-order valence-corrected chi connectivity index (χ2v) is 5.01. The fourth-order valence-corrected chi connectivity index (χ4v) is 1.71. The van der Waals surface area contributed by atoms with Crippen LogP contribution in [0.1, 0.15) is 19.5 Å². The quantitative estimate of drug-likeness (QED) is 0.835. The van der Waals surface area contributed by atoms with Gasteiger partial charge in [0, 0.05) is 24.5 Å². The Labute approximate surface area is 106 Å². The van der Waals surface area contributed by atoms with Crippen molar-refractivity contribution in [3.63, 3.8) is 0 Å². The molecule has 0 bridgehead atoms. The van der Waals surface area contributed by atoms with Crippen LogP contribution in [0.2, 0.25) is 0 Å². The minimum absolute atomic E-state index is 0.0612. The minimum atomic E-state index is -0.379. The van der Waals surface area contributed by atoms with Gasteiger partial charge < -0.3 is 15.5 Å². The Balaban J connectivity index is 2.07. The van der Waals surface area contributed by atoms with Crippen molar-refractivity contribution >= 4 is 11.6 Å². The number of aromatic nitrogens is 2. The van der Waals surface area contributed by atoms with Crippen molar-refractivity contribution in [3.8, 4) is 0 Å². The molecule has 0 aliphatic rings. The number of amides is 1. The molecule has 0 saturated heterocycles. The molecule has 18 heavy (non-hydrogen) atoms. The lowest BCUT2D eigenvalue weighted by Crippen LogP contribution is -2.49. The SMILES string of the molecule is CC(C)(CN)NC(=O)Cc1cn2ccccc2n1. The van der Waals surface area contributed by atoms with Crippen LogP contribution in [0, 0.1) is 0 Å². The molecule has 2 aromatic rings. The van der Waals surface area contributed by atoms with E-state index in [9.17, 15) is 4.79 Å². The summed E-state index contributed by atoms with van der Waals surface area (Å²) < 4.78 is 1.90. The Bertz CT molecular complexity index is 526. The number of pyridine rings is 1. The molecule has 2 rings (SSSR count). The van der Waals surface area contributed by atoms with Gasteiger partial charge in [0.2, 0.25) is 5.91 Å². The first-order chi connectivity index (χ1) is 8.50. The molecule has 0 atom stereocenters. The van der Waals surface area contributed by atoms with Gasteiger partial charge in [-0.15, -0.1) is 0 Å². The molecule has 0 spiro atoms. The highest BCUT2D eigenvalue weighted by atomic mass is 16.1. The van der Waals surface area contributed by atoms with Crippen LogP contribution in [0.4, 0.5) is 0 Å². The molecule has 2 heterocycles. The van der Waals surface area contributed by atoms with E-state index in [-0.39, 0.29) is 17.9 Å². The van der Waals surface area contributed by atoms with Gasteiger partial charge in [-0.25, -0.2) is 4.98 Å². The Morgan fingerprint density at radius 3 is 2.94 bits per heavy atom. The maximum absolute atomic E-state index is 11.8. The van der Waals surface area contributed by atoms with E-state index < -0.39 is 0 Å².